The van der Waals surface area contributed by atoms with Crippen LogP contribution in [0.4, 0.5) is 0 Å². The average Bonchev–Trinajstić information content (AvgIpc) is 3.05. The second-order valence-corrected chi connectivity index (χ2v) is 5.38. The predicted molar refractivity (Wildman–Crippen MR) is 87.8 cm³/mol. The summed E-state index contributed by atoms with van der Waals surface area (Å²) in [4.78, 5) is 12.4. The number of carbonyl (C=O) groups excluding carboxylic acids is 1. The van der Waals surface area contributed by atoms with Crippen LogP contribution in [0.1, 0.15) is 21.5 Å². The van der Waals surface area contributed by atoms with E-state index in [9.17, 15) is 4.79 Å². The van der Waals surface area contributed by atoms with Crippen molar-refractivity contribution >= 4 is 5.91 Å². The molecule has 1 aliphatic heterocycles. The number of ether oxygens (including phenoxy) is 2. The van der Waals surface area contributed by atoms with Crippen LogP contribution in [-0.4, -0.2) is 26.3 Å². The summed E-state index contributed by atoms with van der Waals surface area (Å²) in [7, 11) is 1.91. The summed E-state index contributed by atoms with van der Waals surface area (Å²) in [5, 5.41) is 6.07. The Balaban J connectivity index is 1.65. The summed E-state index contributed by atoms with van der Waals surface area (Å²) in [6.07, 6.45) is 0.824. The van der Waals surface area contributed by atoms with E-state index in [1.165, 1.54) is 0 Å². The molecule has 0 aliphatic carbocycles. The van der Waals surface area contributed by atoms with Gasteiger partial charge in [-0.3, -0.25) is 4.79 Å². The molecular formula is C18H20N2O3. The molecule has 0 radical (unpaired) electrons. The zero-order chi connectivity index (χ0) is 16.1. The lowest BCUT2D eigenvalue weighted by molar-refractivity contribution is 0.0950. The number of carbonyl (C=O) groups is 1. The quantitative estimate of drug-likeness (QED) is 0.858. The van der Waals surface area contributed by atoms with Crippen molar-refractivity contribution in [2.24, 2.45) is 0 Å². The van der Waals surface area contributed by atoms with Crippen molar-refractivity contribution in [3.63, 3.8) is 0 Å². The molecule has 0 aromatic heterocycles. The van der Waals surface area contributed by atoms with E-state index < -0.39 is 0 Å². The van der Waals surface area contributed by atoms with Crippen molar-refractivity contribution in [2.45, 2.75) is 13.0 Å². The van der Waals surface area contributed by atoms with E-state index in [0.717, 1.165) is 41.2 Å². The van der Waals surface area contributed by atoms with Gasteiger partial charge in [-0.15, -0.1) is 0 Å². The van der Waals surface area contributed by atoms with Gasteiger partial charge in [0.15, 0.2) is 11.5 Å². The van der Waals surface area contributed by atoms with Crippen LogP contribution in [0.3, 0.4) is 0 Å². The maximum Gasteiger partial charge on any atom is 0.251 e. The minimum absolute atomic E-state index is 0.0608. The minimum atomic E-state index is -0.0608. The Bertz CT molecular complexity index is 700. The van der Waals surface area contributed by atoms with Crippen LogP contribution in [0.2, 0.25) is 0 Å². The molecule has 2 aromatic rings. The number of rotatable bonds is 6. The highest BCUT2D eigenvalue weighted by Crippen LogP contribution is 2.32. The Morgan fingerprint density at radius 2 is 1.96 bits per heavy atom. The zero-order valence-electron chi connectivity index (χ0n) is 13.1. The van der Waals surface area contributed by atoms with E-state index in [1.807, 2.05) is 49.5 Å². The van der Waals surface area contributed by atoms with Gasteiger partial charge in [-0.25, -0.2) is 0 Å². The molecule has 5 nitrogen and oxygen atoms in total. The van der Waals surface area contributed by atoms with Gasteiger partial charge in [-0.05, 0) is 49.3 Å². The van der Waals surface area contributed by atoms with Crippen molar-refractivity contribution in [1.82, 2.24) is 10.6 Å². The monoisotopic (exact) mass is 312 g/mol. The molecule has 0 saturated heterocycles. The molecule has 0 spiro atoms. The molecule has 2 N–H and O–H groups in total. The van der Waals surface area contributed by atoms with Crippen molar-refractivity contribution < 1.29 is 14.3 Å². The molecule has 1 heterocycles. The second kappa shape index (κ2) is 7.15. The number of hydrogen-bond acceptors (Lipinski definition) is 4. The predicted octanol–water partition coefficient (Wildman–Crippen LogP) is 2.11. The van der Waals surface area contributed by atoms with E-state index in [-0.39, 0.29) is 12.7 Å². The second-order valence-electron chi connectivity index (χ2n) is 5.38. The van der Waals surface area contributed by atoms with Gasteiger partial charge in [-0.2, -0.15) is 0 Å². The van der Waals surface area contributed by atoms with Gasteiger partial charge in [0.1, 0.15) is 0 Å². The maximum atomic E-state index is 12.4. The lowest BCUT2D eigenvalue weighted by Gasteiger charge is -2.10. The molecule has 5 heteroatoms. The third kappa shape index (κ3) is 3.63. The average molecular weight is 312 g/mol. The lowest BCUT2D eigenvalue weighted by atomic mass is 10.0. The van der Waals surface area contributed by atoms with Gasteiger partial charge in [-0.1, -0.05) is 24.3 Å². The number of likely N-dealkylation sites (N-methyl/N-ethyl adjacent to an activating group) is 1. The van der Waals surface area contributed by atoms with Crippen LogP contribution in [0.15, 0.2) is 42.5 Å². The molecule has 0 saturated carbocycles. The Hall–Kier alpha value is -2.53. The zero-order valence-corrected chi connectivity index (χ0v) is 13.1. The fourth-order valence-electron chi connectivity index (χ4n) is 2.55. The summed E-state index contributed by atoms with van der Waals surface area (Å²) >= 11 is 0. The Kier molecular flexibility index (Phi) is 4.78. The maximum absolute atomic E-state index is 12.4. The summed E-state index contributed by atoms with van der Waals surface area (Å²) in [6, 6.07) is 13.4. The highest BCUT2D eigenvalue weighted by atomic mass is 16.7. The summed E-state index contributed by atoms with van der Waals surface area (Å²) < 4.78 is 10.6. The van der Waals surface area contributed by atoms with Gasteiger partial charge >= 0.3 is 0 Å². The van der Waals surface area contributed by atoms with Crippen LogP contribution >= 0.6 is 0 Å². The van der Waals surface area contributed by atoms with Crippen LogP contribution in [0.5, 0.6) is 11.5 Å². The number of hydrogen-bond donors (Lipinski definition) is 2. The Morgan fingerprint density at radius 1 is 1.13 bits per heavy atom. The first kappa shape index (κ1) is 15.4. The largest absolute Gasteiger partial charge is 0.454 e. The molecule has 0 atom stereocenters. The van der Waals surface area contributed by atoms with Crippen molar-refractivity contribution in [3.8, 4) is 11.5 Å². The van der Waals surface area contributed by atoms with Gasteiger partial charge in [0.2, 0.25) is 6.79 Å². The van der Waals surface area contributed by atoms with Gasteiger partial charge < -0.3 is 20.1 Å². The van der Waals surface area contributed by atoms with Gasteiger partial charge in [0, 0.05) is 12.1 Å². The molecule has 0 unspecified atom stereocenters. The molecule has 120 valence electrons. The van der Waals surface area contributed by atoms with Crippen LogP contribution in [0.25, 0.3) is 0 Å². The van der Waals surface area contributed by atoms with Gasteiger partial charge in [0.05, 0.1) is 0 Å². The standard InChI is InChI=1S/C18H20N2O3/c1-19-9-8-14-4-2-3-5-15(14)18(21)20-11-13-6-7-16-17(10-13)23-12-22-16/h2-7,10,19H,8-9,11-12H2,1H3,(H,20,21). The fraction of sp³-hybridized carbons (Fsp3) is 0.278. The van der Waals surface area contributed by atoms with Gasteiger partial charge in [0.25, 0.3) is 5.91 Å². The molecular weight excluding hydrogens is 292 g/mol. The third-order valence-corrected chi connectivity index (χ3v) is 3.80. The SMILES string of the molecule is CNCCc1ccccc1C(=O)NCc1ccc2c(c1)OCO2. The summed E-state index contributed by atoms with van der Waals surface area (Å²) in [6.45, 7) is 1.55. The molecule has 3 rings (SSSR count). The van der Waals surface area contributed by atoms with E-state index in [0.29, 0.717) is 6.54 Å². The van der Waals surface area contributed by atoms with Crippen LogP contribution < -0.4 is 20.1 Å². The lowest BCUT2D eigenvalue weighted by Crippen LogP contribution is -2.24. The van der Waals surface area contributed by atoms with Crippen LogP contribution in [-0.2, 0) is 13.0 Å². The first-order valence-electron chi connectivity index (χ1n) is 7.67. The molecule has 1 amide bonds. The first-order valence-corrected chi connectivity index (χ1v) is 7.67. The third-order valence-electron chi connectivity index (χ3n) is 3.80. The topological polar surface area (TPSA) is 59.6 Å². The van der Waals surface area contributed by atoms with Crippen molar-refractivity contribution in [3.05, 3.63) is 59.2 Å². The molecule has 23 heavy (non-hydrogen) atoms. The molecule has 0 bridgehead atoms. The van der Waals surface area contributed by atoms with E-state index >= 15 is 0 Å². The smallest absolute Gasteiger partial charge is 0.251 e. The first-order chi connectivity index (χ1) is 11.3. The number of benzene rings is 2. The molecule has 0 fully saturated rings. The van der Waals surface area contributed by atoms with E-state index in [1.54, 1.807) is 0 Å². The number of fused-ring (bicyclic) bond motifs is 1. The Morgan fingerprint density at radius 3 is 2.83 bits per heavy atom. The van der Waals surface area contributed by atoms with E-state index in [2.05, 4.69) is 10.6 Å². The minimum Gasteiger partial charge on any atom is -0.454 e. The number of amides is 1. The summed E-state index contributed by atoms with van der Waals surface area (Å²) in [5.74, 6) is 1.41. The van der Waals surface area contributed by atoms with E-state index in [4.69, 9.17) is 9.47 Å². The Labute approximate surface area is 135 Å². The highest BCUT2D eigenvalue weighted by Gasteiger charge is 2.14. The van der Waals surface area contributed by atoms with Crippen LogP contribution in [0, 0.1) is 0 Å². The van der Waals surface area contributed by atoms with Crippen molar-refractivity contribution in [2.75, 3.05) is 20.4 Å². The highest BCUT2D eigenvalue weighted by molar-refractivity contribution is 5.95. The normalized spacial score (nSPS) is 12.2. The summed E-state index contributed by atoms with van der Waals surface area (Å²) in [5.41, 5.74) is 2.75. The number of nitrogens with one attached hydrogen (secondary N) is 2. The fourth-order valence-corrected chi connectivity index (χ4v) is 2.55. The molecule has 2 aromatic carbocycles. The van der Waals surface area contributed by atoms with Crippen molar-refractivity contribution in [1.29, 1.82) is 0 Å². The molecule has 1 aliphatic rings.